The molecule has 90 valence electrons. The number of phenols is 1. The van der Waals surface area contributed by atoms with Gasteiger partial charge in [0, 0.05) is 6.07 Å². The minimum absolute atomic E-state index is 0.0312. The van der Waals surface area contributed by atoms with Crippen LogP contribution < -0.4 is 4.72 Å². The number of aromatic hydroxyl groups is 1. The van der Waals surface area contributed by atoms with Gasteiger partial charge in [-0.05, 0) is 32.9 Å². The molecule has 0 heterocycles. The van der Waals surface area contributed by atoms with Gasteiger partial charge < -0.3 is 5.11 Å². The van der Waals surface area contributed by atoms with Gasteiger partial charge in [-0.3, -0.25) is 4.72 Å². The van der Waals surface area contributed by atoms with Crippen LogP contribution in [0.3, 0.4) is 0 Å². The number of hydrogen-bond donors (Lipinski definition) is 2. The summed E-state index contributed by atoms with van der Waals surface area (Å²) < 4.78 is 37.4. The fraction of sp³-hybridized carbons (Fsp3) is 0.400. The Morgan fingerprint density at radius 3 is 2.31 bits per heavy atom. The Bertz CT molecular complexity index is 491. The summed E-state index contributed by atoms with van der Waals surface area (Å²) in [5.41, 5.74) is -0.0312. The van der Waals surface area contributed by atoms with Crippen molar-refractivity contribution in [3.05, 3.63) is 24.0 Å². The monoisotopic (exact) mass is 247 g/mol. The fourth-order valence-electron chi connectivity index (χ4n) is 0.889. The van der Waals surface area contributed by atoms with E-state index in [1.807, 2.05) is 0 Å². The van der Waals surface area contributed by atoms with Crippen molar-refractivity contribution < 1.29 is 17.9 Å². The quantitative estimate of drug-likeness (QED) is 0.786. The summed E-state index contributed by atoms with van der Waals surface area (Å²) in [6.45, 7) is 4.57. The van der Waals surface area contributed by atoms with E-state index in [0.717, 1.165) is 12.1 Å². The molecule has 0 aliphatic rings. The van der Waals surface area contributed by atoms with E-state index >= 15 is 0 Å². The van der Waals surface area contributed by atoms with E-state index in [-0.39, 0.29) is 5.69 Å². The summed E-state index contributed by atoms with van der Waals surface area (Å²) in [5, 5.41) is 9.35. The molecule has 1 rings (SSSR count). The van der Waals surface area contributed by atoms with Crippen LogP contribution in [0.5, 0.6) is 5.75 Å². The van der Waals surface area contributed by atoms with E-state index in [4.69, 9.17) is 0 Å². The first-order valence-electron chi connectivity index (χ1n) is 4.64. The van der Waals surface area contributed by atoms with Gasteiger partial charge >= 0.3 is 0 Å². The summed E-state index contributed by atoms with van der Waals surface area (Å²) >= 11 is 0. The number of hydrogen-bond acceptors (Lipinski definition) is 3. The molecule has 1 aromatic rings. The van der Waals surface area contributed by atoms with Crippen LogP contribution in [0, 0.1) is 5.82 Å². The highest BCUT2D eigenvalue weighted by Gasteiger charge is 2.29. The van der Waals surface area contributed by atoms with Gasteiger partial charge in [-0.15, -0.1) is 0 Å². The predicted octanol–water partition coefficient (Wildman–Crippen LogP) is 2.07. The zero-order valence-corrected chi connectivity index (χ0v) is 10.1. The van der Waals surface area contributed by atoms with E-state index in [2.05, 4.69) is 4.72 Å². The van der Waals surface area contributed by atoms with Crippen LogP contribution in [-0.4, -0.2) is 18.3 Å². The summed E-state index contributed by atoms with van der Waals surface area (Å²) in [4.78, 5) is 0. The molecule has 4 nitrogen and oxygen atoms in total. The van der Waals surface area contributed by atoms with Crippen LogP contribution in [0.4, 0.5) is 10.1 Å². The van der Waals surface area contributed by atoms with E-state index in [1.165, 1.54) is 26.8 Å². The molecule has 0 unspecified atom stereocenters. The van der Waals surface area contributed by atoms with Crippen molar-refractivity contribution in [1.82, 2.24) is 0 Å². The highest BCUT2D eigenvalue weighted by atomic mass is 32.2. The molecule has 0 bridgehead atoms. The molecule has 0 saturated heterocycles. The number of halogens is 1. The molecule has 16 heavy (non-hydrogen) atoms. The van der Waals surface area contributed by atoms with Gasteiger partial charge in [0.05, 0.1) is 10.4 Å². The van der Waals surface area contributed by atoms with Crippen molar-refractivity contribution in [3.63, 3.8) is 0 Å². The lowest BCUT2D eigenvalue weighted by Gasteiger charge is -2.20. The topological polar surface area (TPSA) is 66.4 Å². The lowest BCUT2D eigenvalue weighted by molar-refractivity contribution is 0.471. The van der Waals surface area contributed by atoms with Crippen molar-refractivity contribution in [1.29, 1.82) is 0 Å². The first-order valence-corrected chi connectivity index (χ1v) is 6.13. The smallest absolute Gasteiger partial charge is 0.237 e. The van der Waals surface area contributed by atoms with Gasteiger partial charge in [0.2, 0.25) is 10.0 Å². The number of nitrogens with one attached hydrogen (secondary N) is 1. The van der Waals surface area contributed by atoms with E-state index in [1.54, 1.807) is 0 Å². The summed E-state index contributed by atoms with van der Waals surface area (Å²) in [6, 6.07) is 3.09. The van der Waals surface area contributed by atoms with Crippen molar-refractivity contribution in [2.45, 2.75) is 25.5 Å². The van der Waals surface area contributed by atoms with Crippen LogP contribution >= 0.6 is 0 Å². The molecule has 0 aliphatic heterocycles. The van der Waals surface area contributed by atoms with E-state index in [9.17, 15) is 17.9 Å². The van der Waals surface area contributed by atoms with Crippen LogP contribution in [0.25, 0.3) is 0 Å². The Morgan fingerprint density at radius 1 is 1.31 bits per heavy atom. The summed E-state index contributed by atoms with van der Waals surface area (Å²) in [5.74, 6) is -1.07. The third-order valence-electron chi connectivity index (χ3n) is 2.01. The molecule has 0 radical (unpaired) electrons. The molecular weight excluding hydrogens is 233 g/mol. The second kappa shape index (κ2) is 3.93. The molecule has 0 spiro atoms. The maximum absolute atomic E-state index is 12.7. The number of anilines is 1. The molecule has 0 atom stereocenters. The van der Waals surface area contributed by atoms with Gasteiger partial charge in [0.15, 0.2) is 0 Å². The molecule has 0 saturated carbocycles. The standard InChI is InChI=1S/C10H14FNO3S/c1-10(2,3)16(14,15)12-8-5-4-7(11)6-9(8)13/h4-6,12-13H,1-3H3. The number of benzene rings is 1. The highest BCUT2D eigenvalue weighted by molar-refractivity contribution is 7.94. The number of sulfonamides is 1. The fourth-order valence-corrected chi connectivity index (χ4v) is 1.66. The Kier molecular flexibility index (Phi) is 3.14. The first-order chi connectivity index (χ1) is 7.13. The SMILES string of the molecule is CC(C)(C)S(=O)(=O)Nc1ccc(F)cc1O. The average Bonchev–Trinajstić information content (AvgIpc) is 2.08. The Hall–Kier alpha value is -1.30. The normalized spacial score (nSPS) is 12.5. The third-order valence-corrected chi connectivity index (χ3v) is 4.11. The lowest BCUT2D eigenvalue weighted by Crippen LogP contribution is -2.33. The second-order valence-electron chi connectivity index (χ2n) is 4.38. The maximum Gasteiger partial charge on any atom is 0.237 e. The summed E-state index contributed by atoms with van der Waals surface area (Å²) in [6.07, 6.45) is 0. The average molecular weight is 247 g/mol. The Morgan fingerprint density at radius 2 is 1.88 bits per heavy atom. The molecule has 6 heteroatoms. The zero-order chi connectivity index (χ0) is 12.6. The number of rotatable bonds is 2. The summed E-state index contributed by atoms with van der Waals surface area (Å²) in [7, 11) is -3.62. The van der Waals surface area contributed by atoms with Crippen LogP contribution in [0.1, 0.15) is 20.8 Å². The molecule has 0 aromatic heterocycles. The Labute approximate surface area is 94.2 Å². The predicted molar refractivity (Wildman–Crippen MR) is 60.4 cm³/mol. The van der Waals surface area contributed by atoms with E-state index < -0.39 is 26.3 Å². The molecule has 1 aromatic carbocycles. The molecule has 0 amide bonds. The van der Waals surface area contributed by atoms with Gasteiger partial charge in [0.1, 0.15) is 11.6 Å². The van der Waals surface area contributed by atoms with E-state index in [0.29, 0.717) is 0 Å². The zero-order valence-electron chi connectivity index (χ0n) is 9.28. The lowest BCUT2D eigenvalue weighted by atomic mass is 10.3. The molecular formula is C10H14FNO3S. The van der Waals surface area contributed by atoms with Gasteiger partial charge in [-0.25, -0.2) is 12.8 Å². The van der Waals surface area contributed by atoms with Crippen LogP contribution in [0.15, 0.2) is 18.2 Å². The molecule has 0 aliphatic carbocycles. The Balaban J connectivity index is 3.07. The van der Waals surface area contributed by atoms with Crippen molar-refractivity contribution in [3.8, 4) is 5.75 Å². The highest BCUT2D eigenvalue weighted by Crippen LogP contribution is 2.27. The van der Waals surface area contributed by atoms with Crippen molar-refractivity contribution >= 4 is 15.7 Å². The van der Waals surface area contributed by atoms with Crippen molar-refractivity contribution in [2.24, 2.45) is 0 Å². The molecule has 2 N–H and O–H groups in total. The first kappa shape index (κ1) is 12.8. The van der Waals surface area contributed by atoms with Crippen LogP contribution in [-0.2, 0) is 10.0 Å². The van der Waals surface area contributed by atoms with Gasteiger partial charge in [-0.1, -0.05) is 0 Å². The minimum atomic E-state index is -3.62. The second-order valence-corrected chi connectivity index (χ2v) is 6.82. The minimum Gasteiger partial charge on any atom is -0.506 e. The van der Waals surface area contributed by atoms with Gasteiger partial charge in [-0.2, -0.15) is 0 Å². The number of phenolic OH excluding ortho intramolecular Hbond substituents is 1. The maximum atomic E-state index is 12.7. The van der Waals surface area contributed by atoms with Crippen LogP contribution in [0.2, 0.25) is 0 Å². The van der Waals surface area contributed by atoms with Gasteiger partial charge in [0.25, 0.3) is 0 Å². The third kappa shape index (κ3) is 2.63. The van der Waals surface area contributed by atoms with Crippen molar-refractivity contribution in [2.75, 3.05) is 4.72 Å². The molecule has 0 fully saturated rings. The largest absolute Gasteiger partial charge is 0.506 e.